The zero-order valence-corrected chi connectivity index (χ0v) is 13.5. The molecular weight excluding hydrogens is 260 g/mol. The quantitative estimate of drug-likeness (QED) is 0.255. The highest BCUT2D eigenvalue weighted by molar-refractivity contribution is 6.20. The molecule has 2 nitrogen and oxygen atoms in total. The Labute approximate surface area is 124 Å². The van der Waals surface area contributed by atoms with Crippen LogP contribution in [0.15, 0.2) is 0 Å². The van der Waals surface area contributed by atoms with Gasteiger partial charge in [-0.05, 0) is 19.3 Å². The van der Waals surface area contributed by atoms with Crippen molar-refractivity contribution in [3.05, 3.63) is 0 Å². The molecule has 0 heterocycles. The Balaban J connectivity index is 3.20. The highest BCUT2D eigenvalue weighted by Gasteiger charge is 2.06. The van der Waals surface area contributed by atoms with E-state index in [-0.39, 0.29) is 11.3 Å². The zero-order valence-electron chi connectivity index (χ0n) is 12.8. The molecule has 0 aliphatic rings. The second-order valence-electron chi connectivity index (χ2n) is 5.33. The SMILES string of the molecule is CCCCCCCCCCC(Cl)CCCC(=O)OC. The van der Waals surface area contributed by atoms with E-state index in [2.05, 4.69) is 11.7 Å². The molecule has 0 aromatic rings. The molecular formula is C16H31ClO2. The fraction of sp³-hybridized carbons (Fsp3) is 0.938. The second-order valence-corrected chi connectivity index (χ2v) is 5.95. The Morgan fingerprint density at radius 3 is 2.05 bits per heavy atom. The number of hydrogen-bond donors (Lipinski definition) is 0. The van der Waals surface area contributed by atoms with Crippen LogP contribution in [0.4, 0.5) is 0 Å². The lowest BCUT2D eigenvalue weighted by Crippen LogP contribution is -2.03. The number of ether oxygens (including phenoxy) is 1. The van der Waals surface area contributed by atoms with Crippen LogP contribution < -0.4 is 0 Å². The molecule has 0 aromatic heterocycles. The van der Waals surface area contributed by atoms with Crippen molar-refractivity contribution in [3.8, 4) is 0 Å². The van der Waals surface area contributed by atoms with Crippen molar-refractivity contribution in [3.63, 3.8) is 0 Å². The lowest BCUT2D eigenvalue weighted by Gasteiger charge is -2.08. The van der Waals surface area contributed by atoms with Crippen molar-refractivity contribution in [2.45, 2.75) is 89.4 Å². The minimum atomic E-state index is -0.129. The highest BCUT2D eigenvalue weighted by atomic mass is 35.5. The van der Waals surface area contributed by atoms with E-state index in [0.717, 1.165) is 19.3 Å². The Morgan fingerprint density at radius 2 is 1.47 bits per heavy atom. The molecule has 3 heteroatoms. The fourth-order valence-corrected chi connectivity index (χ4v) is 2.52. The molecule has 0 bridgehead atoms. The van der Waals surface area contributed by atoms with Crippen molar-refractivity contribution >= 4 is 17.6 Å². The monoisotopic (exact) mass is 290 g/mol. The first-order valence-corrected chi connectivity index (χ1v) is 8.35. The largest absolute Gasteiger partial charge is 0.469 e. The lowest BCUT2D eigenvalue weighted by atomic mass is 10.0. The molecule has 0 aliphatic carbocycles. The molecule has 0 rings (SSSR count). The van der Waals surface area contributed by atoms with Crippen molar-refractivity contribution in [1.29, 1.82) is 0 Å². The predicted molar refractivity (Wildman–Crippen MR) is 82.7 cm³/mol. The third-order valence-corrected chi connectivity index (χ3v) is 3.93. The Bertz CT molecular complexity index is 207. The Kier molecular flexibility index (Phi) is 14.0. The van der Waals surface area contributed by atoms with Crippen LogP contribution in [0.2, 0.25) is 0 Å². The van der Waals surface area contributed by atoms with Crippen LogP contribution in [-0.4, -0.2) is 18.5 Å². The van der Waals surface area contributed by atoms with Crippen LogP contribution in [0.5, 0.6) is 0 Å². The maximum Gasteiger partial charge on any atom is 0.305 e. The molecule has 0 aromatic carbocycles. The van der Waals surface area contributed by atoms with Gasteiger partial charge in [0.15, 0.2) is 0 Å². The molecule has 114 valence electrons. The van der Waals surface area contributed by atoms with Gasteiger partial charge in [-0.3, -0.25) is 4.79 Å². The van der Waals surface area contributed by atoms with E-state index in [1.807, 2.05) is 0 Å². The van der Waals surface area contributed by atoms with Crippen molar-refractivity contribution in [2.24, 2.45) is 0 Å². The van der Waals surface area contributed by atoms with Crippen LogP contribution >= 0.6 is 11.6 Å². The van der Waals surface area contributed by atoms with Crippen LogP contribution in [0.3, 0.4) is 0 Å². The van der Waals surface area contributed by atoms with E-state index >= 15 is 0 Å². The van der Waals surface area contributed by atoms with Gasteiger partial charge >= 0.3 is 5.97 Å². The lowest BCUT2D eigenvalue weighted by molar-refractivity contribution is -0.140. The summed E-state index contributed by atoms with van der Waals surface area (Å²) in [5.74, 6) is -0.129. The Morgan fingerprint density at radius 1 is 0.947 bits per heavy atom. The molecule has 0 N–H and O–H groups in total. The molecule has 0 spiro atoms. The first-order valence-electron chi connectivity index (χ1n) is 7.91. The molecule has 0 fully saturated rings. The van der Waals surface area contributed by atoms with E-state index in [0.29, 0.717) is 6.42 Å². The van der Waals surface area contributed by atoms with Gasteiger partial charge in [-0.2, -0.15) is 0 Å². The number of carbonyl (C=O) groups is 1. The summed E-state index contributed by atoms with van der Waals surface area (Å²) in [5, 5.41) is 0.227. The summed E-state index contributed by atoms with van der Waals surface area (Å²) >= 11 is 6.24. The highest BCUT2D eigenvalue weighted by Crippen LogP contribution is 2.17. The van der Waals surface area contributed by atoms with Gasteiger partial charge in [0.25, 0.3) is 0 Å². The average Bonchev–Trinajstić information content (AvgIpc) is 2.41. The minimum Gasteiger partial charge on any atom is -0.469 e. The molecule has 0 aliphatic heterocycles. The molecule has 0 saturated carbocycles. The number of halogens is 1. The number of hydrogen-bond acceptors (Lipinski definition) is 2. The van der Waals surface area contributed by atoms with E-state index < -0.39 is 0 Å². The second kappa shape index (κ2) is 14.2. The average molecular weight is 291 g/mol. The number of methoxy groups -OCH3 is 1. The van der Waals surface area contributed by atoms with Gasteiger partial charge in [0.05, 0.1) is 7.11 Å². The third-order valence-electron chi connectivity index (χ3n) is 3.50. The first-order chi connectivity index (χ1) is 9.20. The van der Waals surface area contributed by atoms with Crippen molar-refractivity contribution < 1.29 is 9.53 Å². The third kappa shape index (κ3) is 14.0. The first kappa shape index (κ1) is 18.8. The summed E-state index contributed by atoms with van der Waals surface area (Å²) in [5.41, 5.74) is 0. The summed E-state index contributed by atoms with van der Waals surface area (Å²) < 4.78 is 4.60. The van der Waals surface area contributed by atoms with Gasteiger partial charge in [0, 0.05) is 11.8 Å². The van der Waals surface area contributed by atoms with Gasteiger partial charge in [0.2, 0.25) is 0 Å². The van der Waals surface area contributed by atoms with E-state index in [1.165, 1.54) is 58.5 Å². The van der Waals surface area contributed by atoms with E-state index in [4.69, 9.17) is 11.6 Å². The molecule has 0 saturated heterocycles. The number of rotatable bonds is 13. The van der Waals surface area contributed by atoms with Gasteiger partial charge in [-0.15, -0.1) is 11.6 Å². The summed E-state index contributed by atoms with van der Waals surface area (Å²) in [6, 6.07) is 0. The van der Waals surface area contributed by atoms with E-state index in [9.17, 15) is 4.79 Å². The Hall–Kier alpha value is -0.240. The van der Waals surface area contributed by atoms with Gasteiger partial charge in [0.1, 0.15) is 0 Å². The molecule has 0 amide bonds. The van der Waals surface area contributed by atoms with Gasteiger partial charge in [-0.1, -0.05) is 58.3 Å². The van der Waals surface area contributed by atoms with Gasteiger partial charge < -0.3 is 4.74 Å². The summed E-state index contributed by atoms with van der Waals surface area (Å²) in [6.45, 7) is 2.25. The van der Waals surface area contributed by atoms with Crippen molar-refractivity contribution in [1.82, 2.24) is 0 Å². The summed E-state index contributed by atoms with van der Waals surface area (Å²) in [6.07, 6.45) is 14.1. The van der Waals surface area contributed by atoms with Crippen LogP contribution in [0.25, 0.3) is 0 Å². The maximum absolute atomic E-state index is 10.9. The van der Waals surface area contributed by atoms with Crippen LogP contribution in [0.1, 0.15) is 84.0 Å². The van der Waals surface area contributed by atoms with Crippen LogP contribution in [-0.2, 0) is 9.53 Å². The normalized spacial score (nSPS) is 12.4. The number of carbonyl (C=O) groups excluding carboxylic acids is 1. The topological polar surface area (TPSA) is 26.3 Å². The fourth-order valence-electron chi connectivity index (χ4n) is 2.21. The number of alkyl halides is 1. The minimum absolute atomic E-state index is 0.129. The van der Waals surface area contributed by atoms with E-state index in [1.54, 1.807) is 0 Å². The smallest absolute Gasteiger partial charge is 0.305 e. The maximum atomic E-state index is 10.9. The number of unbranched alkanes of at least 4 members (excludes halogenated alkanes) is 7. The zero-order chi connectivity index (χ0) is 14.3. The number of esters is 1. The van der Waals surface area contributed by atoms with Gasteiger partial charge in [-0.25, -0.2) is 0 Å². The molecule has 19 heavy (non-hydrogen) atoms. The predicted octanol–water partition coefficient (Wildman–Crippen LogP) is 5.47. The summed E-state index contributed by atoms with van der Waals surface area (Å²) in [7, 11) is 1.43. The van der Waals surface area contributed by atoms with Crippen molar-refractivity contribution in [2.75, 3.05) is 7.11 Å². The molecule has 0 radical (unpaired) electrons. The molecule has 1 unspecified atom stereocenters. The van der Waals surface area contributed by atoms with Crippen LogP contribution in [0, 0.1) is 0 Å². The molecule has 1 atom stereocenters. The standard InChI is InChI=1S/C16H31ClO2/c1-3-4-5-6-7-8-9-10-12-15(17)13-11-14-16(18)19-2/h15H,3-14H2,1-2H3. The summed E-state index contributed by atoms with van der Waals surface area (Å²) in [4.78, 5) is 10.9.